The first-order chi connectivity index (χ1) is 15.0. The lowest BCUT2D eigenvalue weighted by atomic mass is 10.2. The van der Waals surface area contributed by atoms with Crippen molar-refractivity contribution in [3.8, 4) is 11.4 Å². The molecule has 4 aromatic rings. The number of nitrogens with zero attached hydrogens (tertiary/aromatic N) is 3. The largest absolute Gasteiger partial charge is 0.497 e. The van der Waals surface area contributed by atoms with Crippen LogP contribution in [0.25, 0.3) is 28.7 Å². The first kappa shape index (κ1) is 20.7. The summed E-state index contributed by atoms with van der Waals surface area (Å²) in [6, 6.07) is 18.9. The second-order valence-electron chi connectivity index (χ2n) is 6.66. The Hall–Kier alpha value is -3.53. The number of nitro benzene ring substituents is 1. The van der Waals surface area contributed by atoms with Gasteiger partial charge in [-0.25, -0.2) is 4.98 Å². The Morgan fingerprint density at radius 3 is 2.65 bits per heavy atom. The molecule has 8 heteroatoms. The molecule has 0 aliphatic carbocycles. The van der Waals surface area contributed by atoms with Crippen molar-refractivity contribution in [2.24, 2.45) is 0 Å². The first-order valence-electron chi connectivity index (χ1n) is 9.25. The molecule has 1 heterocycles. The summed E-state index contributed by atoms with van der Waals surface area (Å²) in [7, 11) is 1.56. The van der Waals surface area contributed by atoms with Crippen molar-refractivity contribution >= 4 is 51.3 Å². The van der Waals surface area contributed by atoms with Crippen molar-refractivity contribution in [3.05, 3.63) is 102 Å². The summed E-state index contributed by atoms with van der Waals surface area (Å²) in [5.74, 6) is 1.01. The van der Waals surface area contributed by atoms with Crippen LogP contribution in [0.4, 0.5) is 5.69 Å². The number of hydrogen-bond donors (Lipinski definition) is 0. The minimum Gasteiger partial charge on any atom is -0.497 e. The van der Waals surface area contributed by atoms with Crippen molar-refractivity contribution in [3.63, 3.8) is 0 Å². The monoisotopic (exact) mass is 525 g/mol. The van der Waals surface area contributed by atoms with Gasteiger partial charge in [0.2, 0.25) is 0 Å². The fraction of sp³-hybridized carbons (Fsp3) is 0.0435. The highest BCUT2D eigenvalue weighted by Gasteiger charge is 2.13. The number of hydrogen-bond acceptors (Lipinski definition) is 5. The second kappa shape index (κ2) is 8.68. The highest BCUT2D eigenvalue weighted by Crippen LogP contribution is 2.21. The molecule has 31 heavy (non-hydrogen) atoms. The van der Waals surface area contributed by atoms with Crippen LogP contribution in [0.5, 0.6) is 5.75 Å². The normalized spacial score (nSPS) is 11.2. The van der Waals surface area contributed by atoms with Crippen LogP contribution < -0.4 is 10.3 Å². The predicted molar refractivity (Wildman–Crippen MR) is 129 cm³/mol. The van der Waals surface area contributed by atoms with Gasteiger partial charge in [-0.05, 0) is 64.6 Å². The fourth-order valence-corrected chi connectivity index (χ4v) is 3.69. The van der Waals surface area contributed by atoms with Crippen LogP contribution in [0.15, 0.2) is 71.5 Å². The summed E-state index contributed by atoms with van der Waals surface area (Å²) in [6.07, 6.45) is 3.38. The van der Waals surface area contributed by atoms with Crippen LogP contribution in [-0.4, -0.2) is 21.6 Å². The van der Waals surface area contributed by atoms with Gasteiger partial charge in [0.1, 0.15) is 11.6 Å². The van der Waals surface area contributed by atoms with Gasteiger partial charge in [-0.15, -0.1) is 0 Å². The molecule has 154 valence electrons. The number of fused-ring (bicyclic) bond motifs is 1. The van der Waals surface area contributed by atoms with E-state index in [9.17, 15) is 14.9 Å². The van der Waals surface area contributed by atoms with Crippen LogP contribution in [0, 0.1) is 13.7 Å². The molecule has 0 unspecified atom stereocenters. The van der Waals surface area contributed by atoms with Crippen molar-refractivity contribution < 1.29 is 9.66 Å². The van der Waals surface area contributed by atoms with E-state index in [-0.39, 0.29) is 11.2 Å². The lowest BCUT2D eigenvalue weighted by Crippen LogP contribution is -2.22. The molecule has 4 rings (SSSR count). The lowest BCUT2D eigenvalue weighted by Gasteiger charge is -2.12. The molecule has 1 aromatic heterocycles. The Balaban J connectivity index is 1.93. The van der Waals surface area contributed by atoms with E-state index in [1.165, 1.54) is 16.7 Å². The van der Waals surface area contributed by atoms with Gasteiger partial charge in [-0.2, -0.15) is 0 Å². The van der Waals surface area contributed by atoms with E-state index in [0.29, 0.717) is 33.7 Å². The number of methoxy groups -OCH3 is 1. The number of aromatic nitrogens is 2. The van der Waals surface area contributed by atoms with E-state index in [1.54, 1.807) is 67.8 Å². The number of non-ortho nitro benzene ring substituents is 1. The number of ether oxygens (including phenoxy) is 1. The molecule has 0 fully saturated rings. The van der Waals surface area contributed by atoms with Crippen LogP contribution in [0.1, 0.15) is 11.4 Å². The molecule has 3 aromatic carbocycles. The van der Waals surface area contributed by atoms with Crippen molar-refractivity contribution in [2.75, 3.05) is 7.11 Å². The summed E-state index contributed by atoms with van der Waals surface area (Å²) >= 11 is 2.16. The summed E-state index contributed by atoms with van der Waals surface area (Å²) in [5, 5.41) is 11.6. The van der Waals surface area contributed by atoms with Gasteiger partial charge in [0, 0.05) is 21.8 Å². The summed E-state index contributed by atoms with van der Waals surface area (Å²) in [4.78, 5) is 28.7. The fourth-order valence-electron chi connectivity index (χ4n) is 3.20. The summed E-state index contributed by atoms with van der Waals surface area (Å²) in [5.41, 5.74) is 1.59. The van der Waals surface area contributed by atoms with Crippen molar-refractivity contribution in [2.45, 2.75) is 0 Å². The molecule has 0 aliphatic rings. The van der Waals surface area contributed by atoms with Gasteiger partial charge >= 0.3 is 0 Å². The highest BCUT2D eigenvalue weighted by molar-refractivity contribution is 14.1. The SMILES string of the molecule is COc1cccc(-n2c(C=Cc3cccc([N+](=O)[O-])c3)nc3ccc(I)cc3c2=O)c1. The maximum atomic E-state index is 13.4. The van der Waals surface area contributed by atoms with Crippen molar-refractivity contribution in [1.82, 2.24) is 9.55 Å². The topological polar surface area (TPSA) is 87.3 Å². The predicted octanol–water partition coefficient (Wildman–Crippen LogP) is 5.08. The Morgan fingerprint density at radius 2 is 1.87 bits per heavy atom. The molecule has 0 saturated heterocycles. The molecule has 0 aliphatic heterocycles. The zero-order chi connectivity index (χ0) is 22.0. The standard InChI is InChI=1S/C23H16IN3O4/c1-31-19-7-3-5-17(14-19)26-22(11-8-15-4-2-6-18(12-15)27(29)30)25-21-10-9-16(24)13-20(21)23(26)28/h2-14H,1H3. The molecule has 0 bridgehead atoms. The smallest absolute Gasteiger partial charge is 0.270 e. The highest BCUT2D eigenvalue weighted by atomic mass is 127. The quantitative estimate of drug-likeness (QED) is 0.206. The van der Waals surface area contributed by atoms with E-state index in [2.05, 4.69) is 27.6 Å². The maximum absolute atomic E-state index is 13.4. The minimum atomic E-state index is -0.445. The minimum absolute atomic E-state index is 0.00613. The summed E-state index contributed by atoms with van der Waals surface area (Å²) < 4.78 is 7.75. The Kier molecular flexibility index (Phi) is 5.81. The third-order valence-corrected chi connectivity index (χ3v) is 5.34. The Bertz CT molecular complexity index is 1400. The van der Waals surface area contributed by atoms with E-state index >= 15 is 0 Å². The molecule has 0 amide bonds. The molecular weight excluding hydrogens is 509 g/mol. The first-order valence-corrected chi connectivity index (χ1v) is 10.3. The molecule has 0 N–H and O–H groups in total. The van der Waals surface area contributed by atoms with Gasteiger partial charge in [0.15, 0.2) is 0 Å². The zero-order valence-electron chi connectivity index (χ0n) is 16.4. The van der Waals surface area contributed by atoms with Crippen LogP contribution in [0.3, 0.4) is 0 Å². The van der Waals surface area contributed by atoms with Gasteiger partial charge in [-0.3, -0.25) is 19.5 Å². The number of rotatable bonds is 5. The Morgan fingerprint density at radius 1 is 1.06 bits per heavy atom. The molecule has 0 atom stereocenters. The average molecular weight is 525 g/mol. The maximum Gasteiger partial charge on any atom is 0.270 e. The second-order valence-corrected chi connectivity index (χ2v) is 7.90. The van der Waals surface area contributed by atoms with Gasteiger partial charge in [0.25, 0.3) is 11.2 Å². The molecular formula is C23H16IN3O4. The van der Waals surface area contributed by atoms with Crippen LogP contribution in [-0.2, 0) is 0 Å². The van der Waals surface area contributed by atoms with Gasteiger partial charge in [-0.1, -0.05) is 24.3 Å². The van der Waals surface area contributed by atoms with Crippen LogP contribution >= 0.6 is 22.6 Å². The molecule has 0 spiro atoms. The van der Waals surface area contributed by atoms with E-state index in [1.807, 2.05) is 6.07 Å². The number of halogens is 1. The zero-order valence-corrected chi connectivity index (χ0v) is 18.5. The van der Waals surface area contributed by atoms with E-state index < -0.39 is 4.92 Å². The molecule has 7 nitrogen and oxygen atoms in total. The van der Waals surface area contributed by atoms with Crippen LogP contribution in [0.2, 0.25) is 0 Å². The van der Waals surface area contributed by atoms with Gasteiger partial charge in [0.05, 0.1) is 28.6 Å². The van der Waals surface area contributed by atoms with Crippen molar-refractivity contribution in [1.29, 1.82) is 0 Å². The Labute approximate surface area is 190 Å². The molecule has 0 radical (unpaired) electrons. The number of benzene rings is 3. The lowest BCUT2D eigenvalue weighted by molar-refractivity contribution is -0.384. The number of nitro groups is 1. The third-order valence-electron chi connectivity index (χ3n) is 4.67. The third kappa shape index (κ3) is 4.33. The van der Waals surface area contributed by atoms with Gasteiger partial charge < -0.3 is 4.74 Å². The molecule has 0 saturated carbocycles. The summed E-state index contributed by atoms with van der Waals surface area (Å²) in [6.45, 7) is 0. The average Bonchev–Trinajstić information content (AvgIpc) is 2.78. The van der Waals surface area contributed by atoms with E-state index in [0.717, 1.165) is 3.57 Å². The van der Waals surface area contributed by atoms with E-state index in [4.69, 9.17) is 4.74 Å².